The molecule has 3 heterocycles. The summed E-state index contributed by atoms with van der Waals surface area (Å²) in [6.07, 6.45) is 6.60. The minimum atomic E-state index is 0.0238. The molecule has 0 amide bonds. The minimum absolute atomic E-state index is 0.0238. The van der Waals surface area contributed by atoms with Crippen LogP contribution in [0.2, 0.25) is 0 Å². The van der Waals surface area contributed by atoms with Crippen molar-refractivity contribution in [1.82, 2.24) is 20.4 Å². The third-order valence-corrected chi connectivity index (χ3v) is 4.51. The fourth-order valence-electron chi connectivity index (χ4n) is 2.71. The van der Waals surface area contributed by atoms with E-state index >= 15 is 0 Å². The monoisotopic (exact) mass is 336 g/mol. The van der Waals surface area contributed by atoms with Gasteiger partial charge in [0.15, 0.2) is 0 Å². The normalized spacial score (nSPS) is 18.1. The molecule has 0 spiro atoms. The number of nitrogens with zero attached hydrogens (tertiary/aromatic N) is 3. The maximum absolute atomic E-state index is 5.56. The molecule has 1 aliphatic heterocycles. The number of pyridine rings is 1. The van der Waals surface area contributed by atoms with Crippen LogP contribution in [0.5, 0.6) is 0 Å². The Balaban J connectivity index is 1.93. The average Bonchev–Trinajstić information content (AvgIpc) is 2.98. The highest BCUT2D eigenvalue weighted by atomic mass is 79.9. The van der Waals surface area contributed by atoms with Gasteiger partial charge in [-0.2, -0.15) is 4.98 Å². The van der Waals surface area contributed by atoms with Crippen molar-refractivity contribution in [2.24, 2.45) is 0 Å². The molecule has 0 saturated carbocycles. The van der Waals surface area contributed by atoms with Crippen LogP contribution in [0.4, 0.5) is 0 Å². The topological polar surface area (TPSA) is 63.8 Å². The Hall–Kier alpha value is -1.27. The van der Waals surface area contributed by atoms with Crippen molar-refractivity contribution in [2.45, 2.75) is 31.6 Å². The van der Waals surface area contributed by atoms with Gasteiger partial charge in [-0.15, -0.1) is 0 Å². The molecule has 1 N–H and O–H groups in total. The Morgan fingerprint density at radius 3 is 2.85 bits per heavy atom. The molecule has 5 nitrogen and oxygen atoms in total. The number of nitrogens with one attached hydrogen (secondary N) is 1. The minimum Gasteiger partial charge on any atom is -0.338 e. The van der Waals surface area contributed by atoms with E-state index in [1.165, 1.54) is 0 Å². The van der Waals surface area contributed by atoms with Crippen LogP contribution in [0.1, 0.15) is 32.1 Å². The molecule has 0 atom stereocenters. The van der Waals surface area contributed by atoms with Crippen molar-refractivity contribution in [2.75, 3.05) is 13.1 Å². The van der Waals surface area contributed by atoms with E-state index < -0.39 is 0 Å². The van der Waals surface area contributed by atoms with E-state index in [1.807, 2.05) is 6.07 Å². The van der Waals surface area contributed by atoms with Gasteiger partial charge in [-0.25, -0.2) is 0 Å². The first-order valence-electron chi connectivity index (χ1n) is 6.89. The second-order valence-corrected chi connectivity index (χ2v) is 6.11. The van der Waals surface area contributed by atoms with Crippen LogP contribution < -0.4 is 5.32 Å². The molecule has 1 aliphatic rings. The van der Waals surface area contributed by atoms with Gasteiger partial charge in [-0.1, -0.05) is 12.1 Å². The molecule has 0 bridgehead atoms. The fourth-order valence-corrected chi connectivity index (χ4v) is 3.08. The highest BCUT2D eigenvalue weighted by molar-refractivity contribution is 9.10. The molecule has 0 radical (unpaired) electrons. The van der Waals surface area contributed by atoms with Gasteiger partial charge in [0.25, 0.3) is 0 Å². The van der Waals surface area contributed by atoms with Gasteiger partial charge in [0.1, 0.15) is 0 Å². The highest BCUT2D eigenvalue weighted by Crippen LogP contribution is 2.36. The maximum Gasteiger partial charge on any atom is 0.233 e. The lowest BCUT2D eigenvalue weighted by molar-refractivity contribution is 0.216. The van der Waals surface area contributed by atoms with Gasteiger partial charge in [0.2, 0.25) is 11.7 Å². The molecule has 1 fully saturated rings. The first-order valence-corrected chi connectivity index (χ1v) is 7.69. The number of halogens is 1. The zero-order chi connectivity index (χ0) is 14.0. The molecule has 6 heteroatoms. The molecule has 3 rings (SSSR count). The van der Waals surface area contributed by atoms with Gasteiger partial charge >= 0.3 is 0 Å². The molecule has 2 aromatic rings. The predicted octanol–water partition coefficient (Wildman–Crippen LogP) is 2.93. The van der Waals surface area contributed by atoms with Crippen molar-refractivity contribution in [1.29, 1.82) is 0 Å². The lowest BCUT2D eigenvalue weighted by Gasteiger charge is -2.33. The molecule has 1 saturated heterocycles. The Kier molecular flexibility index (Phi) is 3.85. The van der Waals surface area contributed by atoms with E-state index in [9.17, 15) is 0 Å². The number of rotatable bonds is 3. The predicted molar refractivity (Wildman–Crippen MR) is 79.3 cm³/mol. The van der Waals surface area contributed by atoms with Crippen molar-refractivity contribution in [3.05, 3.63) is 28.8 Å². The third kappa shape index (κ3) is 2.50. The summed E-state index contributed by atoms with van der Waals surface area (Å²) in [4.78, 5) is 8.76. The van der Waals surface area contributed by atoms with Crippen LogP contribution in [0, 0.1) is 0 Å². The zero-order valence-corrected chi connectivity index (χ0v) is 13.0. The number of aromatic nitrogens is 3. The molecule has 20 heavy (non-hydrogen) atoms. The molecular formula is C14H17BrN4O. The number of hydrogen-bond donors (Lipinski definition) is 1. The van der Waals surface area contributed by atoms with Crippen molar-refractivity contribution in [3.63, 3.8) is 0 Å². The van der Waals surface area contributed by atoms with E-state index in [-0.39, 0.29) is 5.41 Å². The molecule has 106 valence electrons. The quantitative estimate of drug-likeness (QED) is 0.933. The molecule has 2 aromatic heterocycles. The van der Waals surface area contributed by atoms with E-state index in [4.69, 9.17) is 4.52 Å². The van der Waals surface area contributed by atoms with Crippen LogP contribution in [0.15, 0.2) is 27.5 Å². The van der Waals surface area contributed by atoms with Gasteiger partial charge in [-0.3, -0.25) is 4.98 Å². The Morgan fingerprint density at radius 1 is 1.35 bits per heavy atom. The summed E-state index contributed by atoms with van der Waals surface area (Å²) >= 11 is 3.41. The van der Waals surface area contributed by atoms with Crippen LogP contribution in [-0.4, -0.2) is 28.2 Å². The second kappa shape index (κ2) is 5.61. The smallest absolute Gasteiger partial charge is 0.233 e. The van der Waals surface area contributed by atoms with Gasteiger partial charge < -0.3 is 9.84 Å². The summed E-state index contributed by atoms with van der Waals surface area (Å²) in [6, 6.07) is 1.95. The molecule has 0 aliphatic carbocycles. The zero-order valence-electron chi connectivity index (χ0n) is 11.4. The van der Waals surface area contributed by atoms with E-state index in [0.717, 1.165) is 48.3 Å². The maximum atomic E-state index is 5.56. The second-order valence-electron chi connectivity index (χ2n) is 5.20. The first-order chi connectivity index (χ1) is 9.73. The fraction of sp³-hybridized carbons (Fsp3) is 0.500. The number of piperidine rings is 1. The van der Waals surface area contributed by atoms with Crippen LogP contribution >= 0.6 is 15.9 Å². The van der Waals surface area contributed by atoms with Crippen LogP contribution in [0.3, 0.4) is 0 Å². The van der Waals surface area contributed by atoms with E-state index in [1.54, 1.807) is 12.4 Å². The number of hydrogen-bond acceptors (Lipinski definition) is 5. The molecular weight excluding hydrogens is 320 g/mol. The summed E-state index contributed by atoms with van der Waals surface area (Å²) in [5, 5.41) is 7.51. The lowest BCUT2D eigenvalue weighted by Crippen LogP contribution is -2.39. The lowest BCUT2D eigenvalue weighted by atomic mass is 9.76. The summed E-state index contributed by atoms with van der Waals surface area (Å²) in [5.41, 5.74) is 0.894. The van der Waals surface area contributed by atoms with Crippen LogP contribution in [0.25, 0.3) is 11.4 Å². The Bertz CT molecular complexity index is 592. The SMILES string of the molecule is CCC1(c2nc(-c3cncc(Br)c3)no2)CCNCC1. The summed E-state index contributed by atoms with van der Waals surface area (Å²) in [7, 11) is 0. The third-order valence-electron chi connectivity index (χ3n) is 4.08. The first kappa shape index (κ1) is 13.7. The van der Waals surface area contributed by atoms with E-state index in [2.05, 4.69) is 43.3 Å². The van der Waals surface area contributed by atoms with Gasteiger partial charge in [0.05, 0.1) is 5.41 Å². The van der Waals surface area contributed by atoms with Crippen LogP contribution in [-0.2, 0) is 5.41 Å². The standard InChI is InChI=1S/C14H17BrN4O/c1-2-14(3-5-16-6-4-14)13-18-12(19-20-13)10-7-11(15)9-17-8-10/h7-9,16H,2-6H2,1H3. The Morgan fingerprint density at radius 2 is 2.15 bits per heavy atom. The largest absolute Gasteiger partial charge is 0.338 e. The summed E-state index contributed by atoms with van der Waals surface area (Å²) < 4.78 is 6.47. The average molecular weight is 337 g/mol. The van der Waals surface area contributed by atoms with Gasteiger partial charge in [0, 0.05) is 22.4 Å². The van der Waals surface area contributed by atoms with Crippen molar-refractivity contribution < 1.29 is 4.52 Å². The van der Waals surface area contributed by atoms with Crippen molar-refractivity contribution >= 4 is 15.9 Å². The Labute approximate surface area is 126 Å². The van der Waals surface area contributed by atoms with Crippen molar-refractivity contribution in [3.8, 4) is 11.4 Å². The highest BCUT2D eigenvalue weighted by Gasteiger charge is 2.37. The summed E-state index contributed by atoms with van der Waals surface area (Å²) in [6.45, 7) is 4.20. The van der Waals surface area contributed by atoms with Gasteiger partial charge in [-0.05, 0) is 54.3 Å². The molecule has 0 aromatic carbocycles. The molecule has 0 unspecified atom stereocenters. The summed E-state index contributed by atoms with van der Waals surface area (Å²) in [5.74, 6) is 1.37. The van der Waals surface area contributed by atoms with E-state index in [0.29, 0.717) is 5.82 Å².